The maximum absolute atomic E-state index is 11.7. The minimum atomic E-state index is 0.0161. The second kappa shape index (κ2) is 5.72. The van der Waals surface area contributed by atoms with E-state index >= 15 is 0 Å². The number of benzene rings is 2. The van der Waals surface area contributed by atoms with Crippen molar-refractivity contribution in [1.29, 1.82) is 0 Å². The predicted molar refractivity (Wildman–Crippen MR) is 92.2 cm³/mol. The minimum absolute atomic E-state index is 0.0161. The summed E-state index contributed by atoms with van der Waals surface area (Å²) in [6, 6.07) is 18.2. The Morgan fingerprint density at radius 2 is 1.83 bits per heavy atom. The highest BCUT2D eigenvalue weighted by molar-refractivity contribution is 6.06. The number of nitrogens with zero attached hydrogens (tertiary/aromatic N) is 1. The Bertz CT molecular complexity index is 876. The number of hydrogen-bond acceptors (Lipinski definition) is 2. The molecule has 0 unspecified atom stereocenters. The van der Waals surface area contributed by atoms with Crippen LogP contribution in [-0.2, 0) is 4.79 Å². The van der Waals surface area contributed by atoms with Gasteiger partial charge in [0.15, 0.2) is 0 Å². The van der Waals surface area contributed by atoms with E-state index in [1.54, 1.807) is 6.21 Å². The Kier molecular flexibility index (Phi) is 3.42. The summed E-state index contributed by atoms with van der Waals surface area (Å²) in [5, 5.41) is 5.26. The van der Waals surface area contributed by atoms with Crippen LogP contribution in [-0.4, -0.2) is 17.1 Å². The highest BCUT2D eigenvalue weighted by Gasteiger charge is 2.29. The second-order valence-electron chi connectivity index (χ2n) is 5.83. The quantitative estimate of drug-likeness (QED) is 0.560. The molecular weight excluding hydrogens is 286 g/mol. The lowest BCUT2D eigenvalue weighted by Gasteiger charge is -2.01. The van der Waals surface area contributed by atoms with Crippen LogP contribution in [0.5, 0.6) is 0 Å². The summed E-state index contributed by atoms with van der Waals surface area (Å²) >= 11 is 0. The molecule has 1 saturated carbocycles. The number of H-pyrrole nitrogens is 1. The molecule has 2 aromatic carbocycles. The Balaban J connectivity index is 1.73. The summed E-state index contributed by atoms with van der Waals surface area (Å²) in [6.45, 7) is 0. The molecule has 1 fully saturated rings. The molecule has 0 spiro atoms. The molecule has 1 amide bonds. The first-order chi connectivity index (χ1) is 11.3. The molecule has 0 radical (unpaired) electrons. The van der Waals surface area contributed by atoms with Crippen molar-refractivity contribution < 1.29 is 4.79 Å². The van der Waals surface area contributed by atoms with Crippen LogP contribution in [0.4, 0.5) is 0 Å². The summed E-state index contributed by atoms with van der Waals surface area (Å²) < 4.78 is 0. The van der Waals surface area contributed by atoms with Gasteiger partial charge in [-0.25, -0.2) is 5.43 Å². The number of fused-ring (bicyclic) bond motifs is 1. The van der Waals surface area contributed by atoms with E-state index in [2.05, 4.69) is 33.7 Å². The molecule has 1 heterocycles. The molecule has 0 bridgehead atoms. The number of rotatable bonds is 4. The number of hydrazone groups is 1. The largest absolute Gasteiger partial charge is 0.354 e. The molecule has 4 rings (SSSR count). The monoisotopic (exact) mass is 303 g/mol. The fourth-order valence-electron chi connectivity index (χ4n) is 2.73. The lowest BCUT2D eigenvalue weighted by Crippen LogP contribution is -2.18. The lowest BCUT2D eigenvalue weighted by molar-refractivity contribution is -0.122. The first kappa shape index (κ1) is 13.8. The van der Waals surface area contributed by atoms with Crippen LogP contribution < -0.4 is 5.43 Å². The summed E-state index contributed by atoms with van der Waals surface area (Å²) in [5.74, 6) is 0.172. The van der Waals surface area contributed by atoms with Crippen molar-refractivity contribution in [1.82, 2.24) is 10.4 Å². The molecule has 1 aliphatic rings. The maximum atomic E-state index is 11.7. The van der Waals surface area contributed by atoms with E-state index < -0.39 is 0 Å². The lowest BCUT2D eigenvalue weighted by atomic mass is 10.1. The van der Waals surface area contributed by atoms with Gasteiger partial charge in [-0.05, 0) is 24.5 Å². The zero-order chi connectivity index (χ0) is 15.6. The van der Waals surface area contributed by atoms with Crippen LogP contribution in [0.3, 0.4) is 0 Å². The molecular formula is C19H17N3O. The number of aromatic amines is 1. The number of para-hydroxylation sites is 1. The molecule has 114 valence electrons. The molecule has 3 aromatic rings. The van der Waals surface area contributed by atoms with Gasteiger partial charge >= 0.3 is 0 Å². The van der Waals surface area contributed by atoms with Gasteiger partial charge in [-0.1, -0.05) is 48.5 Å². The van der Waals surface area contributed by atoms with E-state index in [4.69, 9.17) is 0 Å². The van der Waals surface area contributed by atoms with Crippen molar-refractivity contribution in [2.75, 3.05) is 0 Å². The Labute approximate surface area is 134 Å². The third kappa shape index (κ3) is 2.75. The fourth-order valence-corrected chi connectivity index (χ4v) is 2.73. The zero-order valence-electron chi connectivity index (χ0n) is 12.6. The number of carbonyl (C=O) groups is 1. The molecule has 1 aromatic heterocycles. The van der Waals surface area contributed by atoms with Crippen molar-refractivity contribution in [3.05, 3.63) is 60.2 Å². The summed E-state index contributed by atoms with van der Waals surface area (Å²) in [6.07, 6.45) is 3.69. The molecule has 0 atom stereocenters. The first-order valence-electron chi connectivity index (χ1n) is 7.82. The van der Waals surface area contributed by atoms with Crippen LogP contribution in [0.25, 0.3) is 22.2 Å². The molecule has 2 N–H and O–H groups in total. The maximum Gasteiger partial charge on any atom is 0.243 e. The van der Waals surface area contributed by atoms with Crippen LogP contribution in [0.15, 0.2) is 59.7 Å². The van der Waals surface area contributed by atoms with Crippen LogP contribution in [0, 0.1) is 5.92 Å². The Morgan fingerprint density at radius 3 is 2.61 bits per heavy atom. The van der Waals surface area contributed by atoms with E-state index in [1.165, 1.54) is 0 Å². The third-order valence-corrected chi connectivity index (χ3v) is 4.13. The topological polar surface area (TPSA) is 57.2 Å². The summed E-state index contributed by atoms with van der Waals surface area (Å²) in [7, 11) is 0. The molecule has 23 heavy (non-hydrogen) atoms. The fraction of sp³-hybridized carbons (Fsp3) is 0.158. The van der Waals surface area contributed by atoms with Crippen LogP contribution >= 0.6 is 0 Å². The third-order valence-electron chi connectivity index (χ3n) is 4.13. The van der Waals surface area contributed by atoms with E-state index in [0.717, 1.165) is 40.6 Å². The van der Waals surface area contributed by atoms with E-state index in [0.29, 0.717) is 0 Å². The number of carbonyl (C=O) groups excluding carboxylic acids is 1. The Hall–Kier alpha value is -2.88. The van der Waals surface area contributed by atoms with Crippen molar-refractivity contribution in [2.24, 2.45) is 11.0 Å². The van der Waals surface area contributed by atoms with Crippen molar-refractivity contribution in [3.63, 3.8) is 0 Å². The van der Waals surface area contributed by atoms with E-state index in [1.807, 2.05) is 36.4 Å². The highest BCUT2D eigenvalue weighted by atomic mass is 16.2. The summed E-state index contributed by atoms with van der Waals surface area (Å²) in [5.41, 5.74) is 6.79. The van der Waals surface area contributed by atoms with Crippen molar-refractivity contribution in [2.45, 2.75) is 12.8 Å². The zero-order valence-corrected chi connectivity index (χ0v) is 12.6. The normalized spacial score (nSPS) is 14.4. The van der Waals surface area contributed by atoms with Gasteiger partial charge in [0.05, 0.1) is 11.9 Å². The van der Waals surface area contributed by atoms with Gasteiger partial charge in [0.1, 0.15) is 0 Å². The van der Waals surface area contributed by atoms with Gasteiger partial charge in [0, 0.05) is 22.4 Å². The van der Waals surface area contributed by atoms with Crippen molar-refractivity contribution in [3.8, 4) is 11.3 Å². The molecule has 0 saturated heterocycles. The van der Waals surface area contributed by atoms with E-state index in [9.17, 15) is 4.79 Å². The van der Waals surface area contributed by atoms with Crippen LogP contribution in [0.2, 0.25) is 0 Å². The number of nitrogens with one attached hydrogen (secondary N) is 2. The van der Waals surface area contributed by atoms with Gasteiger partial charge in [-0.15, -0.1) is 0 Å². The van der Waals surface area contributed by atoms with Gasteiger partial charge in [0.25, 0.3) is 0 Å². The standard InChI is InChI=1S/C19H17N3O/c23-19(14-10-11-14)22-20-12-16-15-8-4-5-9-17(15)21-18(16)13-6-2-1-3-7-13/h1-9,12,14,21H,10-11H2,(H,22,23). The molecule has 1 aliphatic carbocycles. The Morgan fingerprint density at radius 1 is 1.09 bits per heavy atom. The van der Waals surface area contributed by atoms with Gasteiger partial charge in [-0.2, -0.15) is 5.10 Å². The summed E-state index contributed by atoms with van der Waals surface area (Å²) in [4.78, 5) is 15.2. The SMILES string of the molecule is O=C(NN=Cc1c(-c2ccccc2)[nH]c2ccccc12)C1CC1. The highest BCUT2D eigenvalue weighted by Crippen LogP contribution is 2.30. The van der Waals surface area contributed by atoms with Crippen molar-refractivity contribution >= 4 is 23.0 Å². The average Bonchev–Trinajstić information content (AvgIpc) is 3.38. The first-order valence-corrected chi connectivity index (χ1v) is 7.82. The van der Waals surface area contributed by atoms with E-state index in [-0.39, 0.29) is 11.8 Å². The minimum Gasteiger partial charge on any atom is -0.354 e. The number of aromatic nitrogens is 1. The van der Waals surface area contributed by atoms with Gasteiger partial charge in [0.2, 0.25) is 5.91 Å². The predicted octanol–water partition coefficient (Wildman–Crippen LogP) is 3.70. The van der Waals surface area contributed by atoms with Gasteiger partial charge < -0.3 is 4.98 Å². The molecule has 4 nitrogen and oxygen atoms in total. The molecule has 0 aliphatic heterocycles. The van der Waals surface area contributed by atoms with Crippen LogP contribution in [0.1, 0.15) is 18.4 Å². The smallest absolute Gasteiger partial charge is 0.243 e. The average molecular weight is 303 g/mol. The number of amides is 1. The van der Waals surface area contributed by atoms with Gasteiger partial charge in [-0.3, -0.25) is 4.79 Å². The molecule has 4 heteroatoms. The number of hydrogen-bond donors (Lipinski definition) is 2. The second-order valence-corrected chi connectivity index (χ2v) is 5.83.